The van der Waals surface area contributed by atoms with Crippen molar-refractivity contribution in [3.05, 3.63) is 48.3 Å². The van der Waals surface area contributed by atoms with Crippen LogP contribution in [0.4, 0.5) is 5.69 Å². The molecule has 0 radical (unpaired) electrons. The van der Waals surface area contributed by atoms with Crippen molar-refractivity contribution in [3.8, 4) is 0 Å². The van der Waals surface area contributed by atoms with Crippen LogP contribution < -0.4 is 4.90 Å². The zero-order valence-electron chi connectivity index (χ0n) is 13.2. The molecule has 4 rings (SSSR count). The number of hydrogen-bond acceptors (Lipinski definition) is 3. The molecule has 1 aliphatic rings. The first-order valence-electron chi connectivity index (χ1n) is 7.94. The van der Waals surface area contributed by atoms with Crippen molar-refractivity contribution in [2.45, 2.75) is 33.2 Å². The standard InChI is InChI=1S/C19H20N2O/c1-4-14-9-11-21(13(14)3)18-12(2)7-8-15-17-16(22-19(15)18)6-5-10-20-17/h5-11,13-14H,4H2,1-3H3/t13-,14?/m0/s1. The van der Waals surface area contributed by atoms with Gasteiger partial charge in [-0.3, -0.25) is 4.98 Å². The summed E-state index contributed by atoms with van der Waals surface area (Å²) >= 11 is 0. The first-order chi connectivity index (χ1) is 10.7. The zero-order valence-corrected chi connectivity index (χ0v) is 13.2. The molecule has 22 heavy (non-hydrogen) atoms. The summed E-state index contributed by atoms with van der Waals surface area (Å²) in [4.78, 5) is 6.84. The summed E-state index contributed by atoms with van der Waals surface area (Å²) in [6, 6.07) is 8.65. The molecule has 1 unspecified atom stereocenters. The van der Waals surface area contributed by atoms with Gasteiger partial charge in [0, 0.05) is 23.8 Å². The highest BCUT2D eigenvalue weighted by Crippen LogP contribution is 2.40. The number of pyridine rings is 1. The second-order valence-corrected chi connectivity index (χ2v) is 6.12. The predicted molar refractivity (Wildman–Crippen MR) is 91.1 cm³/mol. The van der Waals surface area contributed by atoms with Gasteiger partial charge in [0.25, 0.3) is 0 Å². The lowest BCUT2D eigenvalue weighted by molar-refractivity contribution is 0.537. The summed E-state index contributed by atoms with van der Waals surface area (Å²) in [6.07, 6.45) is 7.50. The fraction of sp³-hybridized carbons (Fsp3) is 0.316. The van der Waals surface area contributed by atoms with E-state index in [1.54, 1.807) is 0 Å². The maximum Gasteiger partial charge on any atom is 0.160 e. The molecule has 3 heterocycles. The number of furan rings is 1. The highest BCUT2D eigenvalue weighted by Gasteiger charge is 2.28. The van der Waals surface area contributed by atoms with Gasteiger partial charge in [0.2, 0.25) is 0 Å². The van der Waals surface area contributed by atoms with Crippen LogP contribution >= 0.6 is 0 Å². The van der Waals surface area contributed by atoms with E-state index in [9.17, 15) is 0 Å². The van der Waals surface area contributed by atoms with E-state index in [0.717, 1.165) is 28.5 Å². The Labute approximate surface area is 130 Å². The molecular weight excluding hydrogens is 272 g/mol. The molecule has 0 saturated heterocycles. The van der Waals surface area contributed by atoms with E-state index in [-0.39, 0.29) is 0 Å². The van der Waals surface area contributed by atoms with Crippen LogP contribution in [-0.4, -0.2) is 11.0 Å². The van der Waals surface area contributed by atoms with E-state index >= 15 is 0 Å². The third kappa shape index (κ3) is 1.78. The molecular formula is C19H20N2O. The van der Waals surface area contributed by atoms with Crippen molar-refractivity contribution in [3.63, 3.8) is 0 Å². The van der Waals surface area contributed by atoms with Crippen LogP contribution in [0.2, 0.25) is 0 Å². The van der Waals surface area contributed by atoms with Gasteiger partial charge in [-0.15, -0.1) is 0 Å². The summed E-state index contributed by atoms with van der Waals surface area (Å²) in [5.74, 6) is 0.595. The van der Waals surface area contributed by atoms with Crippen LogP contribution in [0.3, 0.4) is 0 Å². The molecule has 3 aromatic rings. The average Bonchev–Trinajstić information content (AvgIpc) is 3.08. The third-order valence-electron chi connectivity index (χ3n) is 4.85. The molecule has 2 atom stereocenters. The number of nitrogens with zero attached hydrogens (tertiary/aromatic N) is 2. The smallest absolute Gasteiger partial charge is 0.160 e. The molecule has 0 aliphatic carbocycles. The number of fused-ring (bicyclic) bond motifs is 3. The molecule has 0 saturated carbocycles. The molecule has 3 nitrogen and oxygen atoms in total. The third-order valence-corrected chi connectivity index (χ3v) is 4.85. The molecule has 3 heteroatoms. The van der Waals surface area contributed by atoms with Gasteiger partial charge in [-0.2, -0.15) is 0 Å². The summed E-state index contributed by atoms with van der Waals surface area (Å²) < 4.78 is 6.16. The lowest BCUT2D eigenvalue weighted by atomic mass is 10.00. The Morgan fingerprint density at radius 3 is 2.91 bits per heavy atom. The highest BCUT2D eigenvalue weighted by molar-refractivity contribution is 6.07. The second kappa shape index (κ2) is 4.87. The van der Waals surface area contributed by atoms with Gasteiger partial charge >= 0.3 is 0 Å². The molecule has 0 amide bonds. The fourth-order valence-corrected chi connectivity index (χ4v) is 3.53. The molecule has 112 valence electrons. The SMILES string of the molecule is CCC1C=CN(c2c(C)ccc3c2oc2cccnc23)[C@H]1C. The predicted octanol–water partition coefficient (Wildman–Crippen LogP) is 5.04. The van der Waals surface area contributed by atoms with E-state index < -0.39 is 0 Å². The minimum Gasteiger partial charge on any atom is -0.452 e. The topological polar surface area (TPSA) is 29.3 Å². The van der Waals surface area contributed by atoms with Gasteiger partial charge in [-0.05, 0) is 49.9 Å². The number of aryl methyl sites for hydroxylation is 1. The zero-order chi connectivity index (χ0) is 15.3. The molecule has 0 spiro atoms. The minimum absolute atomic E-state index is 0.454. The Morgan fingerprint density at radius 1 is 1.27 bits per heavy atom. The van der Waals surface area contributed by atoms with Crippen molar-refractivity contribution in [1.82, 2.24) is 4.98 Å². The Kier molecular flexibility index (Phi) is 2.96. The van der Waals surface area contributed by atoms with Crippen LogP contribution in [-0.2, 0) is 0 Å². The van der Waals surface area contributed by atoms with Gasteiger partial charge in [0.15, 0.2) is 11.2 Å². The Balaban J connectivity index is 1.97. The molecule has 1 aromatic carbocycles. The second-order valence-electron chi connectivity index (χ2n) is 6.12. The monoisotopic (exact) mass is 292 g/mol. The lowest BCUT2D eigenvalue weighted by Crippen LogP contribution is -2.29. The summed E-state index contributed by atoms with van der Waals surface area (Å²) in [6.45, 7) is 6.68. The maximum atomic E-state index is 6.16. The number of benzene rings is 1. The summed E-state index contributed by atoms with van der Waals surface area (Å²) in [5.41, 5.74) is 5.16. The van der Waals surface area contributed by atoms with Crippen molar-refractivity contribution in [2.75, 3.05) is 4.90 Å². The molecule has 0 N–H and O–H groups in total. The van der Waals surface area contributed by atoms with E-state index in [1.807, 2.05) is 18.3 Å². The van der Waals surface area contributed by atoms with Gasteiger partial charge in [-0.1, -0.05) is 19.1 Å². The Bertz CT molecular complexity index is 878. The fourth-order valence-electron chi connectivity index (χ4n) is 3.53. The normalized spacial score (nSPS) is 21.3. The molecule has 1 aliphatic heterocycles. The number of hydrogen-bond donors (Lipinski definition) is 0. The van der Waals surface area contributed by atoms with E-state index in [0.29, 0.717) is 12.0 Å². The lowest BCUT2D eigenvalue weighted by Gasteiger charge is -2.27. The van der Waals surface area contributed by atoms with Gasteiger partial charge in [-0.25, -0.2) is 0 Å². The summed E-state index contributed by atoms with van der Waals surface area (Å²) in [5, 5.41) is 1.09. The van der Waals surface area contributed by atoms with Crippen LogP contribution in [0.25, 0.3) is 22.1 Å². The Hall–Kier alpha value is -2.29. The van der Waals surface area contributed by atoms with Crippen LogP contribution in [0, 0.1) is 12.8 Å². The number of anilines is 1. The quantitative estimate of drug-likeness (QED) is 0.662. The molecule has 2 aromatic heterocycles. The van der Waals surface area contributed by atoms with Crippen molar-refractivity contribution in [1.29, 1.82) is 0 Å². The Morgan fingerprint density at radius 2 is 2.14 bits per heavy atom. The maximum absolute atomic E-state index is 6.16. The molecule has 0 bridgehead atoms. The largest absolute Gasteiger partial charge is 0.452 e. The van der Waals surface area contributed by atoms with E-state index in [1.165, 1.54) is 11.3 Å². The van der Waals surface area contributed by atoms with Gasteiger partial charge in [0.1, 0.15) is 5.52 Å². The number of rotatable bonds is 2. The first-order valence-corrected chi connectivity index (χ1v) is 7.94. The average molecular weight is 292 g/mol. The van der Waals surface area contributed by atoms with Crippen LogP contribution in [0.15, 0.2) is 47.2 Å². The van der Waals surface area contributed by atoms with Crippen molar-refractivity contribution >= 4 is 27.8 Å². The van der Waals surface area contributed by atoms with E-state index in [2.05, 4.69) is 55.1 Å². The van der Waals surface area contributed by atoms with E-state index in [4.69, 9.17) is 4.42 Å². The van der Waals surface area contributed by atoms with Crippen LogP contribution in [0.1, 0.15) is 25.8 Å². The highest BCUT2D eigenvalue weighted by atomic mass is 16.3. The molecule has 0 fully saturated rings. The minimum atomic E-state index is 0.454. The van der Waals surface area contributed by atoms with Crippen molar-refractivity contribution in [2.24, 2.45) is 5.92 Å². The first kappa shape index (κ1) is 13.4. The summed E-state index contributed by atoms with van der Waals surface area (Å²) in [7, 11) is 0. The number of aromatic nitrogens is 1. The van der Waals surface area contributed by atoms with Gasteiger partial charge < -0.3 is 9.32 Å². The van der Waals surface area contributed by atoms with Gasteiger partial charge in [0.05, 0.1) is 5.69 Å². The van der Waals surface area contributed by atoms with Crippen LogP contribution in [0.5, 0.6) is 0 Å². The van der Waals surface area contributed by atoms with Crippen molar-refractivity contribution < 1.29 is 4.42 Å².